The van der Waals surface area contributed by atoms with Crippen molar-refractivity contribution in [3.8, 4) is 0 Å². The molecule has 0 bridgehead atoms. The number of benzene rings is 1. The predicted octanol–water partition coefficient (Wildman–Crippen LogP) is 3.72. The van der Waals surface area contributed by atoms with E-state index in [1.54, 1.807) is 23.1 Å². The van der Waals surface area contributed by atoms with Crippen molar-refractivity contribution < 1.29 is 9.59 Å². The van der Waals surface area contributed by atoms with Gasteiger partial charge in [-0.3, -0.25) is 4.79 Å². The van der Waals surface area contributed by atoms with Gasteiger partial charge in [0, 0.05) is 38.3 Å². The van der Waals surface area contributed by atoms with Crippen LogP contribution in [0.1, 0.15) is 20.3 Å². The Bertz CT molecular complexity index is 585. The van der Waals surface area contributed by atoms with Crippen molar-refractivity contribution in [2.75, 3.05) is 31.5 Å². The van der Waals surface area contributed by atoms with Crippen LogP contribution in [0.15, 0.2) is 18.2 Å². The van der Waals surface area contributed by atoms with E-state index in [4.69, 9.17) is 23.2 Å². The molecule has 1 saturated heterocycles. The number of nitrogens with zero attached hydrogens (tertiary/aromatic N) is 2. The van der Waals surface area contributed by atoms with Crippen LogP contribution in [-0.2, 0) is 4.79 Å². The minimum Gasteiger partial charge on any atom is -0.339 e. The van der Waals surface area contributed by atoms with Crippen LogP contribution < -0.4 is 5.32 Å². The summed E-state index contributed by atoms with van der Waals surface area (Å²) in [7, 11) is 0. The number of urea groups is 1. The van der Waals surface area contributed by atoms with Crippen molar-refractivity contribution in [1.82, 2.24) is 9.80 Å². The zero-order valence-electron chi connectivity index (χ0n) is 13.3. The number of hydrogen-bond acceptors (Lipinski definition) is 2. The Morgan fingerprint density at radius 2 is 1.70 bits per heavy atom. The number of hydrogen-bond donors (Lipinski definition) is 1. The fourth-order valence-electron chi connectivity index (χ4n) is 2.41. The number of rotatable bonds is 3. The minimum absolute atomic E-state index is 0.157. The maximum atomic E-state index is 12.3. The van der Waals surface area contributed by atoms with Gasteiger partial charge in [0.15, 0.2) is 0 Å². The summed E-state index contributed by atoms with van der Waals surface area (Å²) in [4.78, 5) is 27.8. The molecule has 0 saturated carbocycles. The first-order chi connectivity index (χ1) is 10.9. The summed E-state index contributed by atoms with van der Waals surface area (Å²) in [6, 6.07) is 4.76. The number of amides is 3. The highest BCUT2D eigenvalue weighted by molar-refractivity contribution is 6.42. The Kier molecular flexibility index (Phi) is 6.13. The van der Waals surface area contributed by atoms with Crippen LogP contribution in [0.2, 0.25) is 10.0 Å². The summed E-state index contributed by atoms with van der Waals surface area (Å²) < 4.78 is 0. The topological polar surface area (TPSA) is 52.7 Å². The first-order valence-corrected chi connectivity index (χ1v) is 8.41. The third kappa shape index (κ3) is 5.01. The van der Waals surface area contributed by atoms with Crippen molar-refractivity contribution in [2.45, 2.75) is 20.3 Å². The Hall–Kier alpha value is -1.46. The van der Waals surface area contributed by atoms with Crippen LogP contribution in [-0.4, -0.2) is 47.9 Å². The molecule has 5 nitrogen and oxygen atoms in total. The molecule has 0 radical (unpaired) electrons. The monoisotopic (exact) mass is 357 g/mol. The molecule has 0 spiro atoms. The van der Waals surface area contributed by atoms with E-state index in [1.165, 1.54) is 0 Å². The van der Waals surface area contributed by atoms with Crippen LogP contribution >= 0.6 is 23.2 Å². The first-order valence-electron chi connectivity index (χ1n) is 7.65. The number of nitrogens with one attached hydrogen (secondary N) is 1. The molecule has 1 aromatic rings. The van der Waals surface area contributed by atoms with Crippen molar-refractivity contribution >= 4 is 40.8 Å². The molecular weight excluding hydrogens is 337 g/mol. The average Bonchev–Trinajstić information content (AvgIpc) is 2.50. The van der Waals surface area contributed by atoms with Crippen LogP contribution in [0.25, 0.3) is 0 Å². The molecule has 0 aromatic heterocycles. The normalized spacial score (nSPS) is 15.0. The molecule has 3 amide bonds. The van der Waals surface area contributed by atoms with Gasteiger partial charge in [0.05, 0.1) is 10.0 Å². The van der Waals surface area contributed by atoms with Crippen LogP contribution in [0, 0.1) is 5.92 Å². The molecule has 1 N–H and O–H groups in total. The van der Waals surface area contributed by atoms with Crippen LogP contribution in [0.3, 0.4) is 0 Å². The van der Waals surface area contributed by atoms with E-state index in [9.17, 15) is 9.59 Å². The summed E-state index contributed by atoms with van der Waals surface area (Å²) >= 11 is 11.8. The van der Waals surface area contributed by atoms with E-state index in [-0.39, 0.29) is 11.9 Å². The lowest BCUT2D eigenvalue weighted by molar-refractivity contribution is -0.133. The highest BCUT2D eigenvalue weighted by atomic mass is 35.5. The quantitative estimate of drug-likeness (QED) is 0.896. The van der Waals surface area contributed by atoms with Crippen molar-refractivity contribution in [2.24, 2.45) is 5.92 Å². The molecule has 1 aliphatic heterocycles. The van der Waals surface area contributed by atoms with Crippen molar-refractivity contribution in [3.05, 3.63) is 28.2 Å². The minimum atomic E-state index is -0.195. The van der Waals surface area contributed by atoms with E-state index in [0.29, 0.717) is 54.3 Å². The molecule has 1 aromatic carbocycles. The summed E-state index contributed by atoms with van der Waals surface area (Å²) in [5.74, 6) is 0.503. The van der Waals surface area contributed by atoms with Gasteiger partial charge in [-0.25, -0.2) is 4.79 Å². The van der Waals surface area contributed by atoms with Gasteiger partial charge in [-0.05, 0) is 24.1 Å². The number of carbonyl (C=O) groups excluding carboxylic acids is 2. The maximum Gasteiger partial charge on any atom is 0.321 e. The third-order valence-electron chi connectivity index (χ3n) is 3.67. The second kappa shape index (κ2) is 7.88. The maximum absolute atomic E-state index is 12.3. The average molecular weight is 358 g/mol. The predicted molar refractivity (Wildman–Crippen MR) is 93.1 cm³/mol. The largest absolute Gasteiger partial charge is 0.339 e. The highest BCUT2D eigenvalue weighted by Gasteiger charge is 2.24. The zero-order chi connectivity index (χ0) is 17.0. The number of piperazine rings is 1. The molecule has 2 rings (SSSR count). The van der Waals surface area contributed by atoms with E-state index >= 15 is 0 Å². The Labute approximate surface area is 146 Å². The van der Waals surface area contributed by atoms with Crippen LogP contribution in [0.4, 0.5) is 10.5 Å². The first kappa shape index (κ1) is 17.9. The number of carbonyl (C=O) groups is 2. The number of halogens is 2. The summed E-state index contributed by atoms with van der Waals surface area (Å²) in [6.45, 7) is 6.24. The molecule has 0 aliphatic carbocycles. The lowest BCUT2D eigenvalue weighted by atomic mass is 10.1. The van der Waals surface area contributed by atoms with Gasteiger partial charge in [-0.1, -0.05) is 37.0 Å². The van der Waals surface area contributed by atoms with Gasteiger partial charge in [0.25, 0.3) is 0 Å². The molecule has 1 fully saturated rings. The van der Waals surface area contributed by atoms with Crippen LogP contribution in [0.5, 0.6) is 0 Å². The Morgan fingerprint density at radius 1 is 1.09 bits per heavy atom. The van der Waals surface area contributed by atoms with E-state index in [2.05, 4.69) is 5.32 Å². The van der Waals surface area contributed by atoms with Gasteiger partial charge in [0.1, 0.15) is 0 Å². The lowest BCUT2D eigenvalue weighted by Gasteiger charge is -2.35. The van der Waals surface area contributed by atoms with E-state index in [1.807, 2.05) is 18.7 Å². The summed E-state index contributed by atoms with van der Waals surface area (Å²) in [6.07, 6.45) is 0.551. The number of anilines is 1. The lowest BCUT2D eigenvalue weighted by Crippen LogP contribution is -2.51. The van der Waals surface area contributed by atoms with E-state index < -0.39 is 0 Å². The van der Waals surface area contributed by atoms with Crippen molar-refractivity contribution in [1.29, 1.82) is 0 Å². The molecule has 1 heterocycles. The smallest absolute Gasteiger partial charge is 0.321 e. The summed E-state index contributed by atoms with van der Waals surface area (Å²) in [5, 5.41) is 3.64. The van der Waals surface area contributed by atoms with Gasteiger partial charge in [-0.2, -0.15) is 0 Å². The second-order valence-corrected chi connectivity index (χ2v) is 6.84. The van der Waals surface area contributed by atoms with Gasteiger partial charge < -0.3 is 15.1 Å². The molecule has 1 aliphatic rings. The molecule has 7 heteroatoms. The second-order valence-electron chi connectivity index (χ2n) is 6.02. The van der Waals surface area contributed by atoms with Gasteiger partial charge in [-0.15, -0.1) is 0 Å². The molecule has 0 unspecified atom stereocenters. The fourth-order valence-corrected chi connectivity index (χ4v) is 2.71. The Balaban J connectivity index is 1.86. The molecule has 23 heavy (non-hydrogen) atoms. The summed E-state index contributed by atoms with van der Waals surface area (Å²) in [5.41, 5.74) is 0.600. The van der Waals surface area contributed by atoms with Crippen molar-refractivity contribution in [3.63, 3.8) is 0 Å². The highest BCUT2D eigenvalue weighted by Crippen LogP contribution is 2.25. The standard InChI is InChI=1S/C16H21Cl2N3O2/c1-11(2)9-15(22)20-5-7-21(8-6-20)16(23)19-12-3-4-13(17)14(18)10-12/h3-4,10-11H,5-9H2,1-2H3,(H,19,23). The van der Waals surface area contributed by atoms with Gasteiger partial charge in [0.2, 0.25) is 5.91 Å². The molecule has 0 atom stereocenters. The van der Waals surface area contributed by atoms with Gasteiger partial charge >= 0.3 is 6.03 Å². The zero-order valence-corrected chi connectivity index (χ0v) is 14.8. The van der Waals surface area contributed by atoms with E-state index in [0.717, 1.165) is 0 Å². The fraction of sp³-hybridized carbons (Fsp3) is 0.500. The SMILES string of the molecule is CC(C)CC(=O)N1CCN(C(=O)Nc2ccc(Cl)c(Cl)c2)CC1. The Morgan fingerprint density at radius 3 is 2.26 bits per heavy atom. The third-order valence-corrected chi connectivity index (χ3v) is 4.41. The molecular formula is C16H21Cl2N3O2. The molecule has 126 valence electrons.